The molecule has 1 heterocycles. The molecule has 4 heteroatoms. The van der Waals surface area contributed by atoms with Crippen LogP contribution in [0.1, 0.15) is 64.5 Å². The minimum Gasteiger partial charge on any atom is -0.305 e. The summed E-state index contributed by atoms with van der Waals surface area (Å²) in [6.45, 7) is 8.28. The van der Waals surface area contributed by atoms with Crippen LogP contribution in [0.15, 0.2) is 103 Å². The van der Waals surface area contributed by atoms with E-state index in [1.165, 1.54) is 5.56 Å². The van der Waals surface area contributed by atoms with Gasteiger partial charge in [0.25, 0.3) is 11.8 Å². The lowest BCUT2D eigenvalue weighted by Gasteiger charge is -2.44. The van der Waals surface area contributed by atoms with E-state index < -0.39 is 0 Å². The van der Waals surface area contributed by atoms with Crippen molar-refractivity contribution in [2.45, 2.75) is 52.6 Å². The first-order valence-electron chi connectivity index (χ1n) is 14.0. The van der Waals surface area contributed by atoms with Gasteiger partial charge in [-0.2, -0.15) is 0 Å². The molecule has 40 heavy (non-hydrogen) atoms. The molecule has 0 fully saturated rings. The fourth-order valence-electron chi connectivity index (χ4n) is 5.71. The zero-order chi connectivity index (χ0) is 28.2. The number of anilines is 2. The van der Waals surface area contributed by atoms with Crippen LogP contribution in [-0.2, 0) is 11.2 Å². The van der Waals surface area contributed by atoms with Crippen molar-refractivity contribution in [2.24, 2.45) is 0 Å². The molecule has 0 aromatic heterocycles. The molecular formula is C36H36N2O2. The molecule has 202 valence electrons. The fraction of sp³-hybridized carbons (Fsp3) is 0.222. The quantitative estimate of drug-likeness (QED) is 0.237. The molecular weight excluding hydrogens is 492 g/mol. The van der Waals surface area contributed by atoms with Gasteiger partial charge < -0.3 is 9.80 Å². The number of fused-ring (bicyclic) bond motifs is 1. The van der Waals surface area contributed by atoms with E-state index >= 15 is 0 Å². The van der Waals surface area contributed by atoms with Crippen LogP contribution in [0.2, 0.25) is 0 Å². The average Bonchev–Trinajstić information content (AvgIpc) is 2.98. The van der Waals surface area contributed by atoms with Crippen molar-refractivity contribution in [2.75, 3.05) is 9.80 Å². The third-order valence-corrected chi connectivity index (χ3v) is 7.84. The molecule has 0 aliphatic carbocycles. The molecule has 2 atom stereocenters. The van der Waals surface area contributed by atoms with E-state index in [4.69, 9.17) is 0 Å². The predicted octanol–water partition coefficient (Wildman–Crippen LogP) is 8.09. The molecule has 0 spiro atoms. The Morgan fingerprint density at radius 2 is 1.52 bits per heavy atom. The number of nitrogens with zero attached hydrogens (tertiary/aromatic N) is 2. The number of rotatable bonds is 6. The Hall–Kier alpha value is -4.44. The predicted molar refractivity (Wildman–Crippen MR) is 165 cm³/mol. The molecule has 4 aromatic carbocycles. The summed E-state index contributed by atoms with van der Waals surface area (Å²) in [5.74, 6) is -0.0976. The van der Waals surface area contributed by atoms with Gasteiger partial charge in [0, 0.05) is 23.4 Å². The van der Waals surface area contributed by atoms with E-state index in [0.717, 1.165) is 40.0 Å². The third kappa shape index (κ3) is 5.35. The van der Waals surface area contributed by atoms with Crippen molar-refractivity contribution in [3.05, 3.63) is 137 Å². The van der Waals surface area contributed by atoms with Crippen molar-refractivity contribution < 1.29 is 9.59 Å². The summed E-state index contributed by atoms with van der Waals surface area (Å²) in [5.41, 5.74) is 7.66. The number of carbonyl (C=O) groups excluding carboxylic acids is 2. The molecule has 0 radical (unpaired) electrons. The second-order valence-electron chi connectivity index (χ2n) is 10.6. The molecule has 1 aliphatic heterocycles. The minimum absolute atomic E-state index is 0.0121. The number of hydrogen-bond acceptors (Lipinski definition) is 2. The summed E-state index contributed by atoms with van der Waals surface area (Å²) in [7, 11) is 0. The Bertz CT molecular complexity index is 1540. The van der Waals surface area contributed by atoms with Gasteiger partial charge in [-0.25, -0.2) is 0 Å². The fourth-order valence-corrected chi connectivity index (χ4v) is 5.71. The zero-order valence-electron chi connectivity index (χ0n) is 23.7. The van der Waals surface area contributed by atoms with Crippen molar-refractivity contribution >= 4 is 29.3 Å². The van der Waals surface area contributed by atoms with E-state index in [1.807, 2.05) is 121 Å². The standard InChI is InChI=1S/C36H36N2O2/c1-5-28-18-21-30(22-19-28)36(40)37-27(4)24-33(31-16-11-13-26(3)35(31)37)38(32-17-10-9-12-25(32)2)34(39)23-20-29-14-7-6-8-15-29/h6-23,27,33H,5,24H2,1-4H3/b23-20+/t27-,33+/m1/s1. The minimum atomic E-state index is -0.231. The molecule has 4 aromatic rings. The Morgan fingerprint density at radius 3 is 2.23 bits per heavy atom. The number of benzene rings is 4. The van der Waals surface area contributed by atoms with Gasteiger partial charge in [-0.1, -0.05) is 85.8 Å². The molecule has 1 aliphatic rings. The van der Waals surface area contributed by atoms with Crippen LogP contribution in [0, 0.1) is 13.8 Å². The first-order chi connectivity index (χ1) is 19.4. The van der Waals surface area contributed by atoms with Crippen molar-refractivity contribution in [3.8, 4) is 0 Å². The van der Waals surface area contributed by atoms with Crippen molar-refractivity contribution in [1.29, 1.82) is 0 Å². The molecule has 2 amide bonds. The largest absolute Gasteiger partial charge is 0.305 e. The van der Waals surface area contributed by atoms with Crippen LogP contribution in [0.5, 0.6) is 0 Å². The van der Waals surface area contributed by atoms with Crippen molar-refractivity contribution in [1.82, 2.24) is 0 Å². The van der Waals surface area contributed by atoms with Crippen LogP contribution in [-0.4, -0.2) is 17.9 Å². The van der Waals surface area contributed by atoms with Gasteiger partial charge in [0.1, 0.15) is 0 Å². The molecule has 4 nitrogen and oxygen atoms in total. The maximum absolute atomic E-state index is 14.0. The summed E-state index contributed by atoms with van der Waals surface area (Å²) in [6, 6.07) is 31.6. The number of hydrogen-bond donors (Lipinski definition) is 0. The highest BCUT2D eigenvalue weighted by Gasteiger charge is 2.39. The SMILES string of the molecule is CCc1ccc(C(=O)N2c3c(C)cccc3[C@@H](N(C(=O)/C=C/c3ccccc3)c3ccccc3C)C[C@H]2C)cc1. The highest BCUT2D eigenvalue weighted by molar-refractivity contribution is 6.09. The van der Waals surface area contributed by atoms with E-state index in [0.29, 0.717) is 12.0 Å². The van der Waals surface area contributed by atoms with Gasteiger partial charge in [0.05, 0.1) is 11.7 Å². The summed E-state index contributed by atoms with van der Waals surface area (Å²) in [5, 5.41) is 0. The summed E-state index contributed by atoms with van der Waals surface area (Å²) in [6.07, 6.45) is 5.08. The highest BCUT2D eigenvalue weighted by Crippen LogP contribution is 2.45. The molecule has 0 saturated heterocycles. The van der Waals surface area contributed by atoms with E-state index in [1.54, 1.807) is 6.08 Å². The monoisotopic (exact) mass is 528 g/mol. The van der Waals surface area contributed by atoms with Crippen molar-refractivity contribution in [3.63, 3.8) is 0 Å². The number of para-hydroxylation sites is 2. The van der Waals surface area contributed by atoms with Gasteiger partial charge in [0.2, 0.25) is 0 Å². The molecule has 5 rings (SSSR count). The number of amides is 2. The number of aryl methyl sites for hydroxylation is 3. The Morgan fingerprint density at radius 1 is 0.850 bits per heavy atom. The van der Waals surface area contributed by atoms with Gasteiger partial charge in [0.15, 0.2) is 0 Å². The van der Waals surface area contributed by atoms with Gasteiger partial charge in [-0.15, -0.1) is 0 Å². The molecule has 0 N–H and O–H groups in total. The van der Waals surface area contributed by atoms with Crippen LogP contribution in [0.3, 0.4) is 0 Å². The number of carbonyl (C=O) groups is 2. The summed E-state index contributed by atoms with van der Waals surface area (Å²) < 4.78 is 0. The first-order valence-corrected chi connectivity index (χ1v) is 14.0. The van der Waals surface area contributed by atoms with E-state index in [-0.39, 0.29) is 23.9 Å². The molecule has 0 bridgehead atoms. The summed E-state index contributed by atoms with van der Waals surface area (Å²) in [4.78, 5) is 31.8. The first kappa shape index (κ1) is 27.1. The normalized spacial score (nSPS) is 16.6. The van der Waals surface area contributed by atoms with Gasteiger partial charge >= 0.3 is 0 Å². The Labute approximate surface area is 237 Å². The zero-order valence-corrected chi connectivity index (χ0v) is 23.7. The van der Waals surface area contributed by atoms with Crippen LogP contribution in [0.4, 0.5) is 11.4 Å². The molecule has 0 unspecified atom stereocenters. The highest BCUT2D eigenvalue weighted by atomic mass is 16.2. The average molecular weight is 529 g/mol. The van der Waals surface area contributed by atoms with Crippen LogP contribution >= 0.6 is 0 Å². The maximum Gasteiger partial charge on any atom is 0.258 e. The van der Waals surface area contributed by atoms with Crippen LogP contribution < -0.4 is 9.80 Å². The Kier molecular flexibility index (Phi) is 7.97. The lowest BCUT2D eigenvalue weighted by atomic mass is 9.87. The molecule has 0 saturated carbocycles. The summed E-state index contributed by atoms with van der Waals surface area (Å²) >= 11 is 0. The smallest absolute Gasteiger partial charge is 0.258 e. The topological polar surface area (TPSA) is 40.6 Å². The second kappa shape index (κ2) is 11.7. The second-order valence-corrected chi connectivity index (χ2v) is 10.6. The Balaban J connectivity index is 1.59. The van der Waals surface area contributed by atoms with Gasteiger partial charge in [-0.05, 0) is 85.7 Å². The maximum atomic E-state index is 14.0. The van der Waals surface area contributed by atoms with Gasteiger partial charge in [-0.3, -0.25) is 9.59 Å². The lowest BCUT2D eigenvalue weighted by Crippen LogP contribution is -2.48. The third-order valence-electron chi connectivity index (χ3n) is 7.84. The van der Waals surface area contributed by atoms with E-state index in [9.17, 15) is 9.59 Å². The lowest BCUT2D eigenvalue weighted by molar-refractivity contribution is -0.114. The van der Waals surface area contributed by atoms with E-state index in [2.05, 4.69) is 19.9 Å². The van der Waals surface area contributed by atoms with Crippen LogP contribution in [0.25, 0.3) is 6.08 Å².